The van der Waals surface area contributed by atoms with Crippen LogP contribution in [0.1, 0.15) is 38.3 Å². The van der Waals surface area contributed by atoms with Crippen LogP contribution in [0.25, 0.3) is 5.57 Å². The molecule has 1 aliphatic carbocycles. The molecule has 0 N–H and O–H groups in total. The minimum Gasteiger partial charge on any atom is -0.0838 e. The van der Waals surface area contributed by atoms with Crippen LogP contribution >= 0.6 is 0 Å². The third-order valence-electron chi connectivity index (χ3n) is 2.60. The summed E-state index contributed by atoms with van der Waals surface area (Å²) in [6.07, 6.45) is 6.08. The Balaban J connectivity index is 0.000000845. The largest absolute Gasteiger partial charge is 0.0838 e. The van der Waals surface area contributed by atoms with Crippen molar-refractivity contribution in [1.82, 2.24) is 0 Å². The van der Waals surface area contributed by atoms with Crippen molar-refractivity contribution in [2.75, 3.05) is 0 Å². The van der Waals surface area contributed by atoms with Crippen LogP contribution in [0.2, 0.25) is 0 Å². The SMILES string of the molecule is C.C/C=C1\CCCc2ccccc21. The quantitative estimate of drug-likeness (QED) is 0.556. The van der Waals surface area contributed by atoms with Gasteiger partial charge in [0, 0.05) is 0 Å². The first-order valence-electron chi connectivity index (χ1n) is 4.65. The molecule has 0 aliphatic heterocycles. The summed E-state index contributed by atoms with van der Waals surface area (Å²) in [5.41, 5.74) is 4.53. The van der Waals surface area contributed by atoms with Gasteiger partial charge in [-0.25, -0.2) is 0 Å². The molecule has 0 nitrogen and oxygen atoms in total. The molecule has 2 rings (SSSR count). The van der Waals surface area contributed by atoms with Crippen LogP contribution in [-0.2, 0) is 6.42 Å². The Morgan fingerprint density at radius 3 is 2.69 bits per heavy atom. The van der Waals surface area contributed by atoms with Crippen LogP contribution in [0.3, 0.4) is 0 Å². The van der Waals surface area contributed by atoms with E-state index in [2.05, 4.69) is 37.3 Å². The van der Waals surface area contributed by atoms with Crippen LogP contribution in [-0.4, -0.2) is 0 Å². The molecule has 0 atom stereocenters. The van der Waals surface area contributed by atoms with Gasteiger partial charge in [0.15, 0.2) is 0 Å². The Labute approximate surface area is 81.3 Å². The molecule has 1 aromatic carbocycles. The summed E-state index contributed by atoms with van der Waals surface area (Å²) < 4.78 is 0. The fraction of sp³-hybridized carbons (Fsp3) is 0.385. The second-order valence-corrected chi connectivity index (χ2v) is 3.32. The molecular weight excluding hydrogens is 156 g/mol. The number of hydrogen-bond acceptors (Lipinski definition) is 0. The molecule has 0 saturated heterocycles. The van der Waals surface area contributed by atoms with Crippen LogP contribution in [0.4, 0.5) is 0 Å². The molecule has 0 amide bonds. The topological polar surface area (TPSA) is 0 Å². The van der Waals surface area contributed by atoms with E-state index in [1.165, 1.54) is 36.0 Å². The molecule has 0 fully saturated rings. The maximum Gasteiger partial charge on any atom is -0.0196 e. The number of allylic oxidation sites excluding steroid dienone is 2. The van der Waals surface area contributed by atoms with Gasteiger partial charge in [-0.15, -0.1) is 0 Å². The van der Waals surface area contributed by atoms with E-state index in [1.807, 2.05) is 0 Å². The number of fused-ring (bicyclic) bond motifs is 1. The lowest BCUT2D eigenvalue weighted by molar-refractivity contribution is 0.821. The van der Waals surface area contributed by atoms with E-state index in [0.29, 0.717) is 0 Å². The molecule has 0 spiro atoms. The lowest BCUT2D eigenvalue weighted by Crippen LogP contribution is -2.00. The molecule has 0 aromatic heterocycles. The highest BCUT2D eigenvalue weighted by Gasteiger charge is 2.11. The lowest BCUT2D eigenvalue weighted by Gasteiger charge is -2.18. The highest BCUT2D eigenvalue weighted by atomic mass is 14.2. The highest BCUT2D eigenvalue weighted by Crippen LogP contribution is 2.29. The van der Waals surface area contributed by atoms with Crippen molar-refractivity contribution in [1.29, 1.82) is 0 Å². The van der Waals surface area contributed by atoms with Crippen LogP contribution in [0.5, 0.6) is 0 Å². The Morgan fingerprint density at radius 2 is 1.92 bits per heavy atom. The van der Waals surface area contributed by atoms with Crippen molar-refractivity contribution in [3.8, 4) is 0 Å². The minimum absolute atomic E-state index is 0. The Hall–Kier alpha value is -1.04. The molecule has 0 saturated carbocycles. The molecule has 0 unspecified atom stereocenters. The zero-order valence-corrected chi connectivity index (χ0v) is 7.51. The summed E-state index contributed by atoms with van der Waals surface area (Å²) in [4.78, 5) is 0. The van der Waals surface area contributed by atoms with Crippen LogP contribution in [0.15, 0.2) is 30.3 Å². The van der Waals surface area contributed by atoms with Crippen molar-refractivity contribution in [3.63, 3.8) is 0 Å². The zero-order chi connectivity index (χ0) is 8.39. The zero-order valence-electron chi connectivity index (χ0n) is 7.51. The first-order valence-corrected chi connectivity index (χ1v) is 4.65. The van der Waals surface area contributed by atoms with E-state index < -0.39 is 0 Å². The second kappa shape index (κ2) is 4.27. The summed E-state index contributed by atoms with van der Waals surface area (Å²) in [5, 5.41) is 0. The number of rotatable bonds is 0. The van der Waals surface area contributed by atoms with Gasteiger partial charge in [0.1, 0.15) is 0 Å². The maximum atomic E-state index is 2.25. The third-order valence-corrected chi connectivity index (χ3v) is 2.60. The van der Waals surface area contributed by atoms with Gasteiger partial charge in [-0.1, -0.05) is 37.8 Å². The van der Waals surface area contributed by atoms with Gasteiger partial charge >= 0.3 is 0 Å². The van der Waals surface area contributed by atoms with Crippen molar-refractivity contribution >= 4 is 5.57 Å². The van der Waals surface area contributed by atoms with Gasteiger partial charge in [0.2, 0.25) is 0 Å². The second-order valence-electron chi connectivity index (χ2n) is 3.32. The van der Waals surface area contributed by atoms with Gasteiger partial charge in [-0.3, -0.25) is 0 Å². The molecule has 0 bridgehead atoms. The number of hydrogen-bond donors (Lipinski definition) is 0. The van der Waals surface area contributed by atoms with E-state index in [0.717, 1.165) is 0 Å². The number of aryl methyl sites for hydroxylation is 1. The van der Waals surface area contributed by atoms with Gasteiger partial charge in [-0.2, -0.15) is 0 Å². The number of benzene rings is 1. The van der Waals surface area contributed by atoms with E-state index in [-0.39, 0.29) is 7.43 Å². The Bertz CT molecular complexity index is 308. The first-order chi connectivity index (χ1) is 5.92. The summed E-state index contributed by atoms with van der Waals surface area (Å²) >= 11 is 0. The fourth-order valence-corrected chi connectivity index (χ4v) is 1.96. The molecule has 70 valence electrons. The van der Waals surface area contributed by atoms with Gasteiger partial charge in [-0.05, 0) is 42.9 Å². The van der Waals surface area contributed by atoms with E-state index in [1.54, 1.807) is 0 Å². The minimum atomic E-state index is 0. The molecule has 13 heavy (non-hydrogen) atoms. The smallest absolute Gasteiger partial charge is 0.0196 e. The van der Waals surface area contributed by atoms with Gasteiger partial charge < -0.3 is 0 Å². The normalized spacial score (nSPS) is 17.8. The molecule has 0 heterocycles. The van der Waals surface area contributed by atoms with Crippen molar-refractivity contribution in [3.05, 3.63) is 41.5 Å². The third kappa shape index (κ3) is 1.82. The Morgan fingerprint density at radius 1 is 1.15 bits per heavy atom. The van der Waals surface area contributed by atoms with E-state index in [4.69, 9.17) is 0 Å². The summed E-state index contributed by atoms with van der Waals surface area (Å²) in [7, 11) is 0. The predicted molar refractivity (Wildman–Crippen MR) is 59.8 cm³/mol. The average molecular weight is 174 g/mol. The summed E-state index contributed by atoms with van der Waals surface area (Å²) in [6, 6.07) is 8.76. The summed E-state index contributed by atoms with van der Waals surface area (Å²) in [6.45, 7) is 2.14. The monoisotopic (exact) mass is 174 g/mol. The molecule has 1 aliphatic rings. The van der Waals surface area contributed by atoms with Crippen LogP contribution < -0.4 is 0 Å². The van der Waals surface area contributed by atoms with Crippen molar-refractivity contribution in [2.24, 2.45) is 0 Å². The standard InChI is InChI=1S/C12H14.CH4/c1-2-10-7-5-8-11-6-3-4-9-12(10)11;/h2-4,6,9H,5,7-8H2,1H3;1H4/b10-2+;. The molecule has 0 radical (unpaired) electrons. The fourth-order valence-electron chi connectivity index (χ4n) is 1.96. The molecular formula is C13H18. The average Bonchev–Trinajstić information content (AvgIpc) is 2.17. The summed E-state index contributed by atoms with van der Waals surface area (Å²) in [5.74, 6) is 0. The molecule has 0 heteroatoms. The highest BCUT2D eigenvalue weighted by molar-refractivity contribution is 5.69. The Kier molecular flexibility index (Phi) is 3.30. The van der Waals surface area contributed by atoms with Crippen molar-refractivity contribution < 1.29 is 0 Å². The van der Waals surface area contributed by atoms with Crippen molar-refractivity contribution in [2.45, 2.75) is 33.6 Å². The predicted octanol–water partition coefficient (Wildman–Crippen LogP) is 4.06. The van der Waals surface area contributed by atoms with E-state index >= 15 is 0 Å². The lowest BCUT2D eigenvalue weighted by atomic mass is 9.87. The van der Waals surface area contributed by atoms with Gasteiger partial charge in [0.25, 0.3) is 0 Å². The molecule has 1 aromatic rings. The maximum absolute atomic E-state index is 2.25. The van der Waals surface area contributed by atoms with E-state index in [9.17, 15) is 0 Å². The van der Waals surface area contributed by atoms with Crippen LogP contribution in [0, 0.1) is 0 Å². The first kappa shape index (κ1) is 10.0. The van der Waals surface area contributed by atoms with Gasteiger partial charge in [0.05, 0.1) is 0 Å².